The first-order valence-electron chi connectivity index (χ1n) is 23.0. The molecule has 7 unspecified atom stereocenters. The minimum Gasteiger partial charge on any atom is -0.462 e. The van der Waals surface area contributed by atoms with Gasteiger partial charge >= 0.3 is 35.8 Å². The van der Waals surface area contributed by atoms with Crippen molar-refractivity contribution in [2.24, 2.45) is 46.2 Å². The average Bonchev–Trinajstić information content (AvgIpc) is 3.34. The van der Waals surface area contributed by atoms with E-state index in [1.165, 1.54) is 0 Å². The Morgan fingerprint density at radius 2 is 0.973 bits per heavy atom. The van der Waals surface area contributed by atoms with E-state index in [1.54, 1.807) is 27.7 Å². The molecule has 0 aromatic heterocycles. The van der Waals surface area contributed by atoms with Crippen molar-refractivity contribution in [3.8, 4) is 11.5 Å². The standard InChI is InChI=1S/C45H66N10O19/c1-8-14-44(50,23(3)4)42(62)73-52-32-12-10-25(54(64)65)16-35(32)71-40(60)30(48)21-69-38(58)28(46)18-27(56)19-37(68-7)34(57)20-29(47)39(59)70-22-31(49)41(61)72-36-17-26(55(66)67)11-13-33(36)53-74-43(63)45(51,15-9-2)24(5)6/h10-13,16-17,23-24,28-31,37,52-53H,8-9,14-15,18-22,46-51H2,1-7H3. The van der Waals surface area contributed by atoms with Gasteiger partial charge in [0.15, 0.2) is 17.3 Å². The number of anilines is 2. The Balaban J connectivity index is 1.95. The van der Waals surface area contributed by atoms with Crippen LogP contribution in [-0.2, 0) is 62.2 Å². The molecule has 0 fully saturated rings. The molecular formula is C45H66N10O19. The van der Waals surface area contributed by atoms with Gasteiger partial charge in [-0.2, -0.15) is 0 Å². The third kappa shape index (κ3) is 18.0. The second-order valence-corrected chi connectivity index (χ2v) is 17.6. The Hall–Kier alpha value is -7.28. The van der Waals surface area contributed by atoms with Crippen LogP contribution in [0.1, 0.15) is 86.5 Å². The molecule has 7 atom stereocenters. The molecule has 2 aromatic carbocycles. The van der Waals surface area contributed by atoms with Crippen LogP contribution in [0.15, 0.2) is 36.4 Å². The number of ether oxygens (including phenoxy) is 5. The maximum absolute atomic E-state index is 13.0. The summed E-state index contributed by atoms with van der Waals surface area (Å²) in [6.07, 6.45) is -1.99. The number of nitrogens with one attached hydrogen (secondary N) is 2. The van der Waals surface area contributed by atoms with Crippen LogP contribution in [0.4, 0.5) is 22.7 Å². The molecular weight excluding hydrogens is 985 g/mol. The Morgan fingerprint density at radius 3 is 1.31 bits per heavy atom. The highest BCUT2D eigenvalue weighted by molar-refractivity contribution is 5.94. The molecule has 0 saturated carbocycles. The van der Waals surface area contributed by atoms with Crippen molar-refractivity contribution in [2.45, 2.75) is 128 Å². The number of nitro benzene ring substituents is 2. The van der Waals surface area contributed by atoms with Gasteiger partial charge in [-0.3, -0.25) is 39.4 Å². The summed E-state index contributed by atoms with van der Waals surface area (Å²) in [6, 6.07) is -0.826. The van der Waals surface area contributed by atoms with Crippen LogP contribution in [0.25, 0.3) is 0 Å². The number of carbonyl (C=O) groups excluding carboxylic acids is 8. The average molecular weight is 1050 g/mol. The number of rotatable bonds is 32. The maximum atomic E-state index is 13.0. The molecule has 2 rings (SSSR count). The Bertz CT molecular complexity index is 2370. The predicted octanol–water partition coefficient (Wildman–Crippen LogP) is 0.781. The Labute approximate surface area is 424 Å². The third-order valence-corrected chi connectivity index (χ3v) is 11.4. The molecule has 0 saturated heterocycles. The summed E-state index contributed by atoms with van der Waals surface area (Å²) >= 11 is 0. The number of carbonyl (C=O) groups is 8. The summed E-state index contributed by atoms with van der Waals surface area (Å²) < 4.78 is 25.5. The molecule has 0 bridgehead atoms. The van der Waals surface area contributed by atoms with Crippen molar-refractivity contribution in [1.29, 1.82) is 0 Å². The van der Waals surface area contributed by atoms with Crippen molar-refractivity contribution < 1.29 is 81.6 Å². The van der Waals surface area contributed by atoms with Crippen LogP contribution in [0.5, 0.6) is 11.5 Å². The molecule has 0 aliphatic rings. The van der Waals surface area contributed by atoms with Gasteiger partial charge in [0.05, 0.1) is 22.0 Å². The van der Waals surface area contributed by atoms with Crippen LogP contribution < -0.4 is 54.8 Å². The monoisotopic (exact) mass is 1050 g/mol. The molecule has 0 aliphatic carbocycles. The lowest BCUT2D eigenvalue weighted by Gasteiger charge is -2.30. The molecule has 0 spiro atoms. The number of nitrogens with two attached hydrogens (primary N) is 6. The van der Waals surface area contributed by atoms with Gasteiger partial charge < -0.3 is 67.8 Å². The second-order valence-electron chi connectivity index (χ2n) is 17.6. The smallest absolute Gasteiger partial charge is 0.351 e. The number of Topliss-reactive ketones (excluding diaryl/α,β-unsaturated/α-hetero) is 2. The van der Waals surface area contributed by atoms with E-state index in [0.29, 0.717) is 12.8 Å². The number of nitrogens with zero attached hydrogens (tertiary/aromatic N) is 2. The van der Waals surface area contributed by atoms with Gasteiger partial charge in [0.1, 0.15) is 71.7 Å². The molecule has 410 valence electrons. The minimum atomic E-state index is -1.72. The zero-order valence-electron chi connectivity index (χ0n) is 42.0. The van der Waals surface area contributed by atoms with E-state index in [2.05, 4.69) is 11.0 Å². The molecule has 0 aliphatic heterocycles. The molecule has 0 radical (unpaired) electrons. The molecule has 74 heavy (non-hydrogen) atoms. The van der Waals surface area contributed by atoms with Gasteiger partial charge in [-0.1, -0.05) is 54.4 Å². The first kappa shape index (κ1) is 62.8. The lowest BCUT2D eigenvalue weighted by Crippen LogP contribution is -2.53. The van der Waals surface area contributed by atoms with Gasteiger partial charge in [0, 0.05) is 38.5 Å². The largest absolute Gasteiger partial charge is 0.462 e. The van der Waals surface area contributed by atoms with Gasteiger partial charge in [-0.25, -0.2) is 30.1 Å². The predicted molar refractivity (Wildman–Crippen MR) is 259 cm³/mol. The molecule has 29 nitrogen and oxygen atoms in total. The van der Waals surface area contributed by atoms with Gasteiger partial charge in [-0.15, -0.1) is 0 Å². The summed E-state index contributed by atoms with van der Waals surface area (Å²) in [5.41, 5.74) is 36.3. The molecule has 29 heteroatoms. The van der Waals surface area contributed by atoms with Gasteiger partial charge in [0.2, 0.25) is 0 Å². The Kier molecular flexibility index (Phi) is 24.5. The van der Waals surface area contributed by atoms with Crippen molar-refractivity contribution in [3.05, 3.63) is 56.6 Å². The van der Waals surface area contributed by atoms with Crippen LogP contribution >= 0.6 is 0 Å². The van der Waals surface area contributed by atoms with E-state index < -0.39 is 154 Å². The zero-order chi connectivity index (χ0) is 56.2. The minimum absolute atomic E-state index is 0.206. The lowest BCUT2D eigenvalue weighted by atomic mass is 9.83. The topological polar surface area (TPSA) is 468 Å². The SMILES string of the molecule is CCCC(N)(C(=O)ONc1ccc([N+](=O)[O-])cc1OC(=O)C(N)COC(=O)C(N)CC(=O)CC(OC)C(=O)CC(N)C(=O)OCC(N)C(=O)Oc1cc([N+](=O)[O-])ccc1NOC(=O)C(N)(CCC)C(C)C)C(C)C. The lowest BCUT2D eigenvalue weighted by molar-refractivity contribution is -0.385. The zero-order valence-corrected chi connectivity index (χ0v) is 42.0. The first-order chi connectivity index (χ1) is 34.6. The van der Waals surface area contributed by atoms with Crippen LogP contribution in [0.3, 0.4) is 0 Å². The van der Waals surface area contributed by atoms with E-state index in [-0.39, 0.29) is 36.1 Å². The van der Waals surface area contributed by atoms with Crippen LogP contribution in [0, 0.1) is 32.1 Å². The fourth-order valence-corrected chi connectivity index (χ4v) is 6.50. The highest BCUT2D eigenvalue weighted by Crippen LogP contribution is 2.32. The number of nitro groups is 2. The number of non-ortho nitro benzene ring substituents is 2. The van der Waals surface area contributed by atoms with Gasteiger partial charge in [0.25, 0.3) is 11.4 Å². The van der Waals surface area contributed by atoms with Crippen molar-refractivity contribution in [2.75, 3.05) is 31.3 Å². The van der Waals surface area contributed by atoms with E-state index in [1.807, 2.05) is 13.8 Å². The van der Waals surface area contributed by atoms with E-state index in [9.17, 15) is 58.6 Å². The van der Waals surface area contributed by atoms with Gasteiger partial charge in [-0.05, 0) is 36.8 Å². The molecule has 2 aromatic rings. The number of hydrogen-bond acceptors (Lipinski definition) is 27. The van der Waals surface area contributed by atoms with Crippen molar-refractivity contribution in [1.82, 2.24) is 0 Å². The second kappa shape index (κ2) is 28.8. The maximum Gasteiger partial charge on any atom is 0.351 e. The highest BCUT2D eigenvalue weighted by atomic mass is 16.7. The number of esters is 4. The third-order valence-electron chi connectivity index (χ3n) is 11.4. The van der Waals surface area contributed by atoms with Crippen molar-refractivity contribution in [3.63, 3.8) is 0 Å². The summed E-state index contributed by atoms with van der Waals surface area (Å²) in [4.78, 5) is 134. The number of ketones is 2. The van der Waals surface area contributed by atoms with Crippen LogP contribution in [0.2, 0.25) is 0 Å². The normalized spacial score (nSPS) is 14.9. The Morgan fingerprint density at radius 1 is 0.595 bits per heavy atom. The fourth-order valence-electron chi connectivity index (χ4n) is 6.50. The van der Waals surface area contributed by atoms with E-state index in [4.69, 9.17) is 67.8 Å². The van der Waals surface area contributed by atoms with E-state index in [0.717, 1.165) is 43.5 Å². The van der Waals surface area contributed by atoms with E-state index >= 15 is 0 Å². The summed E-state index contributed by atoms with van der Waals surface area (Å²) in [7, 11) is 1.07. The summed E-state index contributed by atoms with van der Waals surface area (Å²) in [6.45, 7) is 8.78. The quantitative estimate of drug-likeness (QED) is 0.0165. The number of hydrogen-bond donors (Lipinski definition) is 8. The highest BCUT2D eigenvalue weighted by Gasteiger charge is 2.40. The van der Waals surface area contributed by atoms with Crippen LogP contribution in [-0.4, -0.2) is 119 Å². The molecule has 0 amide bonds. The molecule has 0 heterocycles. The summed E-state index contributed by atoms with van der Waals surface area (Å²) in [5, 5.41) is 22.9. The molecule has 14 N–H and O–H groups in total. The number of benzene rings is 2. The fraction of sp³-hybridized carbons (Fsp3) is 0.556. The number of methoxy groups -OCH3 is 1. The van der Waals surface area contributed by atoms with Crippen molar-refractivity contribution >= 4 is 70.1 Å². The summed E-state index contributed by atoms with van der Waals surface area (Å²) in [5.74, 6) is -10.0. The first-order valence-corrected chi connectivity index (χ1v) is 23.0.